The number of carbonyl (C=O) groups is 1. The van der Waals surface area contributed by atoms with Gasteiger partial charge < -0.3 is 5.11 Å². The highest BCUT2D eigenvalue weighted by Crippen LogP contribution is 2.03. The summed E-state index contributed by atoms with van der Waals surface area (Å²) in [7, 11) is 0. The number of aliphatic carboxylic acids is 1. The van der Waals surface area contributed by atoms with Crippen LogP contribution in [-0.4, -0.2) is 16.8 Å². The molecule has 0 aromatic rings. The lowest BCUT2D eigenvalue weighted by molar-refractivity contribution is -0.129. The van der Waals surface area contributed by atoms with Crippen LogP contribution in [0.1, 0.15) is 26.7 Å². The lowest BCUT2D eigenvalue weighted by atomic mass is 10.1. The van der Waals surface area contributed by atoms with Crippen LogP contribution < -0.4 is 0 Å². The van der Waals surface area contributed by atoms with E-state index in [2.05, 4.69) is 0 Å². The number of allylic oxidation sites excluding steroid dienone is 1. The topological polar surface area (TPSA) is 61.2 Å². The first kappa shape index (κ1) is 9.88. The van der Waals surface area contributed by atoms with Crippen LogP contribution in [0.25, 0.3) is 0 Å². The molecular formula is C8H13NO2. The van der Waals surface area contributed by atoms with Gasteiger partial charge >= 0.3 is 5.97 Å². The zero-order chi connectivity index (χ0) is 8.85. The van der Waals surface area contributed by atoms with Crippen molar-refractivity contribution in [3.63, 3.8) is 0 Å². The van der Waals surface area contributed by atoms with E-state index in [1.165, 1.54) is 0 Å². The second-order valence-electron chi connectivity index (χ2n) is 2.17. The molecule has 0 heterocycles. The van der Waals surface area contributed by atoms with E-state index in [1.54, 1.807) is 6.08 Å². The molecule has 0 rings (SSSR count). The summed E-state index contributed by atoms with van der Waals surface area (Å²) in [6.07, 6.45) is 3.16. The maximum absolute atomic E-state index is 10.3. The van der Waals surface area contributed by atoms with Gasteiger partial charge in [0.05, 0.1) is 0 Å². The second-order valence-corrected chi connectivity index (χ2v) is 2.17. The first-order valence-corrected chi connectivity index (χ1v) is 3.64. The van der Waals surface area contributed by atoms with Crippen LogP contribution in [0.2, 0.25) is 0 Å². The van der Waals surface area contributed by atoms with Crippen molar-refractivity contribution in [3.8, 4) is 0 Å². The highest BCUT2D eigenvalue weighted by molar-refractivity contribution is 6.41. The first-order valence-electron chi connectivity index (χ1n) is 3.64. The van der Waals surface area contributed by atoms with Crippen molar-refractivity contribution in [1.82, 2.24) is 0 Å². The van der Waals surface area contributed by atoms with Crippen molar-refractivity contribution in [1.29, 1.82) is 5.41 Å². The maximum Gasteiger partial charge on any atom is 0.354 e. The van der Waals surface area contributed by atoms with Gasteiger partial charge in [-0.05, 0) is 18.4 Å². The minimum Gasteiger partial charge on any atom is -0.477 e. The molecule has 0 amide bonds. The van der Waals surface area contributed by atoms with E-state index >= 15 is 0 Å². The van der Waals surface area contributed by atoms with E-state index in [9.17, 15) is 4.79 Å². The zero-order valence-electron chi connectivity index (χ0n) is 6.85. The summed E-state index contributed by atoms with van der Waals surface area (Å²) in [5, 5.41) is 15.6. The quantitative estimate of drug-likeness (QED) is 0.608. The van der Waals surface area contributed by atoms with Gasteiger partial charge in [-0.1, -0.05) is 19.9 Å². The number of carboxylic acids is 1. The minimum absolute atomic E-state index is 0.283. The third-order valence-corrected chi connectivity index (χ3v) is 1.37. The third kappa shape index (κ3) is 2.98. The van der Waals surface area contributed by atoms with Gasteiger partial charge in [0, 0.05) is 0 Å². The predicted octanol–water partition coefficient (Wildman–Crippen LogP) is 1.84. The molecule has 62 valence electrons. The van der Waals surface area contributed by atoms with Crippen molar-refractivity contribution in [3.05, 3.63) is 11.6 Å². The van der Waals surface area contributed by atoms with Gasteiger partial charge in [-0.2, -0.15) is 0 Å². The predicted molar refractivity (Wildman–Crippen MR) is 44.0 cm³/mol. The summed E-state index contributed by atoms with van der Waals surface area (Å²) < 4.78 is 0. The van der Waals surface area contributed by atoms with Gasteiger partial charge in [0.1, 0.15) is 5.71 Å². The molecule has 0 aliphatic rings. The normalized spacial score (nSPS) is 11.3. The van der Waals surface area contributed by atoms with Crippen molar-refractivity contribution in [2.24, 2.45) is 0 Å². The van der Waals surface area contributed by atoms with Crippen molar-refractivity contribution in [2.75, 3.05) is 0 Å². The average molecular weight is 155 g/mol. The summed E-state index contributed by atoms with van der Waals surface area (Å²) in [6, 6.07) is 0. The smallest absolute Gasteiger partial charge is 0.354 e. The van der Waals surface area contributed by atoms with Crippen LogP contribution in [0.15, 0.2) is 11.6 Å². The van der Waals surface area contributed by atoms with E-state index in [4.69, 9.17) is 10.5 Å². The van der Waals surface area contributed by atoms with E-state index in [-0.39, 0.29) is 5.71 Å². The highest BCUT2D eigenvalue weighted by atomic mass is 16.4. The SMILES string of the molecule is CC/C=C(\CC)C(=N)C(=O)O. The number of rotatable bonds is 4. The Bertz CT molecular complexity index is 194. The molecule has 0 aliphatic carbocycles. The highest BCUT2D eigenvalue weighted by Gasteiger charge is 2.09. The summed E-state index contributed by atoms with van der Waals surface area (Å²) in [4.78, 5) is 10.3. The van der Waals surface area contributed by atoms with Crippen LogP contribution in [-0.2, 0) is 4.79 Å². The first-order chi connectivity index (χ1) is 5.13. The van der Waals surface area contributed by atoms with Gasteiger partial charge in [-0.3, -0.25) is 5.41 Å². The van der Waals surface area contributed by atoms with Crippen molar-refractivity contribution in [2.45, 2.75) is 26.7 Å². The Labute approximate surface area is 66.2 Å². The number of hydrogen-bond donors (Lipinski definition) is 2. The molecule has 2 N–H and O–H groups in total. The lowest BCUT2D eigenvalue weighted by Gasteiger charge is -2.00. The van der Waals surface area contributed by atoms with Gasteiger partial charge in [0.25, 0.3) is 0 Å². The fourth-order valence-corrected chi connectivity index (χ4v) is 0.807. The van der Waals surface area contributed by atoms with Crippen molar-refractivity contribution < 1.29 is 9.90 Å². The summed E-state index contributed by atoms with van der Waals surface area (Å²) >= 11 is 0. The molecule has 0 aromatic heterocycles. The van der Waals surface area contributed by atoms with Gasteiger partial charge in [-0.25, -0.2) is 4.79 Å². The fourth-order valence-electron chi connectivity index (χ4n) is 0.807. The Balaban J connectivity index is 4.39. The third-order valence-electron chi connectivity index (χ3n) is 1.37. The summed E-state index contributed by atoms with van der Waals surface area (Å²) in [6.45, 7) is 3.77. The Kier molecular flexibility index (Phi) is 4.18. The van der Waals surface area contributed by atoms with Crippen LogP contribution in [0, 0.1) is 5.41 Å². The molecule has 0 aliphatic heterocycles. The van der Waals surface area contributed by atoms with E-state index < -0.39 is 5.97 Å². The molecule has 0 bridgehead atoms. The molecule has 0 radical (unpaired) electrons. The van der Waals surface area contributed by atoms with Gasteiger partial charge in [0.2, 0.25) is 0 Å². The Hall–Kier alpha value is -1.12. The zero-order valence-corrected chi connectivity index (χ0v) is 6.85. The number of nitrogens with one attached hydrogen (secondary N) is 1. The van der Waals surface area contributed by atoms with Gasteiger partial charge in [-0.15, -0.1) is 0 Å². The lowest BCUT2D eigenvalue weighted by Crippen LogP contribution is -2.13. The molecule has 0 fully saturated rings. The molecule has 3 heteroatoms. The molecule has 11 heavy (non-hydrogen) atoms. The van der Waals surface area contributed by atoms with E-state index in [0.717, 1.165) is 6.42 Å². The van der Waals surface area contributed by atoms with Crippen molar-refractivity contribution >= 4 is 11.7 Å². The van der Waals surface area contributed by atoms with Crippen LogP contribution in [0.5, 0.6) is 0 Å². The summed E-state index contributed by atoms with van der Waals surface area (Å²) in [5.41, 5.74) is 0.328. The molecule has 0 unspecified atom stereocenters. The standard InChI is InChI=1S/C8H13NO2/c1-3-5-6(4-2)7(9)8(10)11/h5,9H,3-4H2,1-2H3,(H,10,11)/b6-5+,9-7?. The minimum atomic E-state index is -1.15. The molecule has 0 atom stereocenters. The average Bonchev–Trinajstić information content (AvgIpc) is 1.98. The Morgan fingerprint density at radius 2 is 2.09 bits per heavy atom. The van der Waals surface area contributed by atoms with Crippen LogP contribution in [0.3, 0.4) is 0 Å². The van der Waals surface area contributed by atoms with Gasteiger partial charge in [0.15, 0.2) is 0 Å². The Morgan fingerprint density at radius 3 is 2.36 bits per heavy atom. The molecule has 0 spiro atoms. The molecular weight excluding hydrogens is 142 g/mol. The molecule has 0 aromatic carbocycles. The second kappa shape index (κ2) is 4.66. The van der Waals surface area contributed by atoms with E-state index in [0.29, 0.717) is 12.0 Å². The fraction of sp³-hybridized carbons (Fsp3) is 0.500. The number of hydrogen-bond acceptors (Lipinski definition) is 2. The summed E-state index contributed by atoms with van der Waals surface area (Å²) in [5.74, 6) is -1.15. The molecule has 0 saturated carbocycles. The monoisotopic (exact) mass is 155 g/mol. The molecule has 0 saturated heterocycles. The van der Waals surface area contributed by atoms with Crippen LogP contribution >= 0.6 is 0 Å². The maximum atomic E-state index is 10.3. The Morgan fingerprint density at radius 1 is 1.55 bits per heavy atom. The van der Waals surface area contributed by atoms with Crippen LogP contribution in [0.4, 0.5) is 0 Å². The van der Waals surface area contributed by atoms with E-state index in [1.807, 2.05) is 13.8 Å². The largest absolute Gasteiger partial charge is 0.477 e. The number of carboxylic acid groups (broad SMARTS) is 1. The molecule has 3 nitrogen and oxygen atoms in total.